The molecule has 2 bridgehead atoms. The Morgan fingerprint density at radius 2 is 1.78 bits per heavy atom. The van der Waals surface area contributed by atoms with Crippen LogP contribution in [0.3, 0.4) is 0 Å². The van der Waals surface area contributed by atoms with Crippen molar-refractivity contribution in [3.8, 4) is 0 Å². The quantitative estimate of drug-likeness (QED) is 0.387. The van der Waals surface area contributed by atoms with Gasteiger partial charge in [0.15, 0.2) is 15.8 Å². The van der Waals surface area contributed by atoms with Crippen LogP contribution in [0.2, 0.25) is 0 Å². The van der Waals surface area contributed by atoms with E-state index < -0.39 is 9.84 Å². The first kappa shape index (κ1) is 20.9. The summed E-state index contributed by atoms with van der Waals surface area (Å²) < 4.78 is 29.2. The predicted octanol–water partition coefficient (Wildman–Crippen LogP) is 2.28. The van der Waals surface area contributed by atoms with Gasteiger partial charge in [0.25, 0.3) is 0 Å². The van der Waals surface area contributed by atoms with Crippen LogP contribution in [-0.2, 0) is 21.1 Å². The molecule has 1 N–H and O–H groups in total. The Hall–Kier alpha value is -0.870. The van der Waals surface area contributed by atoms with Crippen LogP contribution >= 0.6 is 24.0 Å². The molecule has 0 aliphatic carbocycles. The van der Waals surface area contributed by atoms with Crippen LogP contribution in [0.1, 0.15) is 25.3 Å². The highest BCUT2D eigenvalue weighted by Crippen LogP contribution is 2.47. The molecule has 4 atom stereocenters. The molecule has 150 valence electrons. The third-order valence-corrected chi connectivity index (χ3v) is 6.98. The van der Waals surface area contributed by atoms with Gasteiger partial charge in [-0.3, -0.25) is 0 Å². The lowest BCUT2D eigenvalue weighted by Gasteiger charge is -2.23. The van der Waals surface area contributed by atoms with Gasteiger partial charge in [-0.15, -0.1) is 24.0 Å². The summed E-state index contributed by atoms with van der Waals surface area (Å²) in [5, 5.41) is 3.41. The SMILES string of the molecule is CCNC(=NCc1ccc(S(C)(=O)=O)cc1)N1CC2C3CCC(O3)C2C1.I. The molecule has 3 heterocycles. The van der Waals surface area contributed by atoms with Crippen molar-refractivity contribution in [2.24, 2.45) is 16.8 Å². The van der Waals surface area contributed by atoms with E-state index in [-0.39, 0.29) is 24.0 Å². The Morgan fingerprint density at radius 1 is 1.19 bits per heavy atom. The molecular weight excluding hydrogens is 477 g/mol. The minimum Gasteiger partial charge on any atom is -0.374 e. The van der Waals surface area contributed by atoms with Crippen molar-refractivity contribution in [3.05, 3.63) is 29.8 Å². The summed E-state index contributed by atoms with van der Waals surface area (Å²) >= 11 is 0. The van der Waals surface area contributed by atoms with Gasteiger partial charge in [0.1, 0.15) is 0 Å². The van der Waals surface area contributed by atoms with E-state index in [0.717, 1.165) is 31.2 Å². The van der Waals surface area contributed by atoms with Crippen LogP contribution in [-0.4, -0.2) is 57.4 Å². The number of hydrogen-bond donors (Lipinski definition) is 1. The Kier molecular flexibility index (Phi) is 6.37. The molecule has 3 aliphatic rings. The largest absolute Gasteiger partial charge is 0.374 e. The lowest BCUT2D eigenvalue weighted by Crippen LogP contribution is -2.41. The van der Waals surface area contributed by atoms with Gasteiger partial charge in [-0.2, -0.15) is 0 Å². The zero-order valence-electron chi connectivity index (χ0n) is 15.8. The molecular formula is C19H28IN3O3S. The average molecular weight is 505 g/mol. The molecule has 3 aliphatic heterocycles. The van der Waals surface area contributed by atoms with Crippen LogP contribution in [0.25, 0.3) is 0 Å². The number of nitrogens with zero attached hydrogens (tertiary/aromatic N) is 2. The van der Waals surface area contributed by atoms with Gasteiger partial charge in [0, 0.05) is 37.7 Å². The van der Waals surface area contributed by atoms with Gasteiger partial charge in [-0.25, -0.2) is 13.4 Å². The molecule has 3 fully saturated rings. The smallest absolute Gasteiger partial charge is 0.194 e. The Morgan fingerprint density at radius 3 is 2.30 bits per heavy atom. The van der Waals surface area contributed by atoms with E-state index in [0.29, 0.717) is 35.5 Å². The van der Waals surface area contributed by atoms with E-state index >= 15 is 0 Å². The number of ether oxygens (including phenoxy) is 1. The molecule has 0 amide bonds. The maximum atomic E-state index is 11.6. The van der Waals surface area contributed by atoms with Crippen molar-refractivity contribution < 1.29 is 13.2 Å². The molecule has 1 aromatic rings. The van der Waals surface area contributed by atoms with Crippen molar-refractivity contribution in [1.82, 2.24) is 10.2 Å². The number of benzene rings is 1. The Labute approximate surface area is 178 Å². The van der Waals surface area contributed by atoms with Gasteiger partial charge in [-0.05, 0) is 37.5 Å². The van der Waals surface area contributed by atoms with Crippen LogP contribution in [0.15, 0.2) is 34.2 Å². The highest BCUT2D eigenvalue weighted by molar-refractivity contribution is 14.0. The average Bonchev–Trinajstić information content (AvgIpc) is 3.30. The minimum absolute atomic E-state index is 0. The molecule has 3 saturated heterocycles. The molecule has 6 nitrogen and oxygen atoms in total. The minimum atomic E-state index is -3.15. The zero-order chi connectivity index (χ0) is 18.3. The number of aliphatic imine (C=N–C) groups is 1. The zero-order valence-corrected chi connectivity index (χ0v) is 18.9. The van der Waals surface area contributed by atoms with Gasteiger partial charge in [-0.1, -0.05) is 12.1 Å². The fourth-order valence-electron chi connectivity index (χ4n) is 4.57. The highest BCUT2D eigenvalue weighted by Gasteiger charge is 2.53. The van der Waals surface area contributed by atoms with Crippen molar-refractivity contribution in [2.45, 2.75) is 43.4 Å². The summed E-state index contributed by atoms with van der Waals surface area (Å²) in [5.41, 5.74) is 1.01. The molecule has 0 aromatic heterocycles. The number of sulfone groups is 1. The van der Waals surface area contributed by atoms with Gasteiger partial charge >= 0.3 is 0 Å². The van der Waals surface area contributed by atoms with Crippen molar-refractivity contribution in [1.29, 1.82) is 0 Å². The monoisotopic (exact) mass is 505 g/mol. The predicted molar refractivity (Wildman–Crippen MR) is 116 cm³/mol. The van der Waals surface area contributed by atoms with E-state index in [1.807, 2.05) is 12.1 Å². The van der Waals surface area contributed by atoms with E-state index in [1.165, 1.54) is 19.1 Å². The number of nitrogens with one attached hydrogen (secondary N) is 1. The standard InChI is InChI=1S/C19H27N3O3S.HI/c1-3-20-19(21-10-13-4-6-14(7-5-13)26(2,23)24)22-11-15-16(12-22)18-9-8-17(15)25-18;/h4-7,15-18H,3,8-12H2,1-2H3,(H,20,21);1H. The molecule has 1 aromatic carbocycles. The number of likely N-dealkylation sites (tertiary alicyclic amines) is 1. The van der Waals surface area contributed by atoms with Crippen molar-refractivity contribution in [3.63, 3.8) is 0 Å². The Balaban J connectivity index is 0.00000210. The fraction of sp³-hybridized carbons (Fsp3) is 0.632. The summed E-state index contributed by atoms with van der Waals surface area (Å²) in [6.07, 6.45) is 4.53. The summed E-state index contributed by atoms with van der Waals surface area (Å²) in [4.78, 5) is 7.52. The molecule has 0 saturated carbocycles. The topological polar surface area (TPSA) is 71.0 Å². The van der Waals surface area contributed by atoms with Gasteiger partial charge < -0.3 is 15.0 Å². The first-order chi connectivity index (χ1) is 12.5. The van der Waals surface area contributed by atoms with Crippen molar-refractivity contribution in [2.75, 3.05) is 25.9 Å². The third kappa shape index (κ3) is 4.27. The molecule has 8 heteroatoms. The molecule has 4 rings (SSSR count). The molecule has 0 radical (unpaired) electrons. The second-order valence-corrected chi connectivity index (χ2v) is 9.63. The fourth-order valence-corrected chi connectivity index (χ4v) is 5.20. The van der Waals surface area contributed by atoms with Crippen LogP contribution in [0, 0.1) is 11.8 Å². The number of fused-ring (bicyclic) bond motifs is 5. The van der Waals surface area contributed by atoms with E-state index in [1.54, 1.807) is 12.1 Å². The normalized spacial score (nSPS) is 29.6. The molecule has 4 unspecified atom stereocenters. The van der Waals surface area contributed by atoms with Gasteiger partial charge in [0.2, 0.25) is 0 Å². The Bertz CT molecular complexity index is 779. The lowest BCUT2D eigenvalue weighted by atomic mass is 9.82. The summed E-state index contributed by atoms with van der Waals surface area (Å²) in [6.45, 7) is 5.50. The van der Waals surface area contributed by atoms with E-state index in [2.05, 4.69) is 17.1 Å². The number of halogens is 1. The number of rotatable bonds is 4. The van der Waals surface area contributed by atoms with Crippen LogP contribution < -0.4 is 5.32 Å². The van der Waals surface area contributed by atoms with Crippen molar-refractivity contribution >= 4 is 39.8 Å². The number of hydrogen-bond acceptors (Lipinski definition) is 4. The summed E-state index contributed by atoms with van der Waals surface area (Å²) in [7, 11) is -3.15. The second-order valence-electron chi connectivity index (χ2n) is 7.61. The first-order valence-electron chi connectivity index (χ1n) is 9.43. The number of guanidine groups is 1. The first-order valence-corrected chi connectivity index (χ1v) is 11.3. The summed E-state index contributed by atoms with van der Waals surface area (Å²) in [5.74, 6) is 2.24. The van der Waals surface area contributed by atoms with Crippen LogP contribution in [0.4, 0.5) is 0 Å². The van der Waals surface area contributed by atoms with Gasteiger partial charge in [0.05, 0.1) is 23.6 Å². The summed E-state index contributed by atoms with van der Waals surface area (Å²) in [6, 6.07) is 7.00. The second kappa shape index (κ2) is 8.24. The maximum absolute atomic E-state index is 11.6. The van der Waals surface area contributed by atoms with Crippen LogP contribution in [0.5, 0.6) is 0 Å². The maximum Gasteiger partial charge on any atom is 0.194 e. The highest BCUT2D eigenvalue weighted by atomic mass is 127. The lowest BCUT2D eigenvalue weighted by molar-refractivity contribution is 0.0767. The van der Waals surface area contributed by atoms with E-state index in [9.17, 15) is 8.42 Å². The third-order valence-electron chi connectivity index (χ3n) is 5.85. The van der Waals surface area contributed by atoms with E-state index in [4.69, 9.17) is 9.73 Å². The molecule has 27 heavy (non-hydrogen) atoms. The molecule has 0 spiro atoms.